The predicted octanol–water partition coefficient (Wildman–Crippen LogP) is 2.82. The zero-order chi connectivity index (χ0) is 12.4. The van der Waals surface area contributed by atoms with E-state index in [0.717, 1.165) is 4.47 Å². The fraction of sp³-hybridized carbons (Fsp3) is 0.0833. The molecular weight excluding hydrogens is 288 g/mol. The first-order chi connectivity index (χ1) is 8.09. The van der Waals surface area contributed by atoms with E-state index in [4.69, 9.17) is 9.52 Å². The first-order valence-corrected chi connectivity index (χ1v) is 5.64. The van der Waals surface area contributed by atoms with Crippen LogP contribution in [0.25, 0.3) is 0 Å². The molecule has 2 aromatic rings. The van der Waals surface area contributed by atoms with Crippen molar-refractivity contribution in [2.75, 3.05) is 0 Å². The van der Waals surface area contributed by atoms with Crippen LogP contribution >= 0.6 is 15.9 Å². The third-order valence-electron chi connectivity index (χ3n) is 2.31. The molecule has 0 aliphatic heterocycles. The van der Waals surface area contributed by atoms with E-state index in [1.165, 1.54) is 12.1 Å². The highest BCUT2D eigenvalue weighted by atomic mass is 79.9. The van der Waals surface area contributed by atoms with Gasteiger partial charge in [-0.1, -0.05) is 34.1 Å². The summed E-state index contributed by atoms with van der Waals surface area (Å²) in [5.74, 6) is -1.14. The van der Waals surface area contributed by atoms with Crippen LogP contribution in [0.4, 0.5) is 0 Å². The van der Waals surface area contributed by atoms with Crippen molar-refractivity contribution < 1.29 is 19.4 Å². The molecule has 4 nitrogen and oxygen atoms in total. The number of hydrogen-bond acceptors (Lipinski definition) is 3. The summed E-state index contributed by atoms with van der Waals surface area (Å²) in [4.78, 5) is 10.7. The lowest BCUT2D eigenvalue weighted by Gasteiger charge is -2.09. The molecule has 0 saturated heterocycles. The third-order valence-corrected chi connectivity index (χ3v) is 3.03. The number of aromatic carboxylic acids is 1. The number of aliphatic hydroxyl groups excluding tert-OH is 1. The molecule has 88 valence electrons. The number of hydrogen-bond donors (Lipinski definition) is 2. The Kier molecular flexibility index (Phi) is 3.31. The van der Waals surface area contributed by atoms with Gasteiger partial charge in [-0.15, -0.1) is 0 Å². The Morgan fingerprint density at radius 2 is 1.94 bits per heavy atom. The molecule has 1 unspecified atom stereocenters. The van der Waals surface area contributed by atoms with E-state index in [1.54, 1.807) is 18.2 Å². The van der Waals surface area contributed by atoms with Gasteiger partial charge >= 0.3 is 5.97 Å². The fourth-order valence-corrected chi connectivity index (χ4v) is 1.97. The van der Waals surface area contributed by atoms with Crippen LogP contribution in [0, 0.1) is 0 Å². The molecule has 0 spiro atoms. The van der Waals surface area contributed by atoms with Gasteiger partial charge in [-0.3, -0.25) is 0 Å². The van der Waals surface area contributed by atoms with E-state index in [0.29, 0.717) is 5.56 Å². The largest absolute Gasteiger partial charge is 0.475 e. The first kappa shape index (κ1) is 11.9. The second kappa shape index (κ2) is 4.73. The highest BCUT2D eigenvalue weighted by Gasteiger charge is 2.18. The van der Waals surface area contributed by atoms with Gasteiger partial charge in [0.15, 0.2) is 0 Å². The molecule has 0 saturated carbocycles. The summed E-state index contributed by atoms with van der Waals surface area (Å²) in [6.07, 6.45) is -0.987. The molecule has 0 aliphatic rings. The summed E-state index contributed by atoms with van der Waals surface area (Å²) in [6, 6.07) is 9.90. The van der Waals surface area contributed by atoms with Crippen LogP contribution in [-0.4, -0.2) is 16.2 Å². The van der Waals surface area contributed by atoms with Gasteiger partial charge in [0.25, 0.3) is 0 Å². The van der Waals surface area contributed by atoms with Crippen molar-refractivity contribution in [3.05, 3.63) is 58.0 Å². The molecule has 0 bridgehead atoms. The van der Waals surface area contributed by atoms with Crippen LogP contribution in [0.5, 0.6) is 0 Å². The molecule has 1 atom stereocenters. The average molecular weight is 297 g/mol. The Hall–Kier alpha value is -1.59. The zero-order valence-electron chi connectivity index (χ0n) is 8.63. The maximum Gasteiger partial charge on any atom is 0.371 e. The lowest BCUT2D eigenvalue weighted by Crippen LogP contribution is -1.99. The molecule has 0 amide bonds. The van der Waals surface area contributed by atoms with E-state index in [2.05, 4.69) is 15.9 Å². The number of carbonyl (C=O) groups is 1. The third kappa shape index (κ3) is 2.40. The van der Waals surface area contributed by atoms with Crippen LogP contribution in [0.15, 0.2) is 45.3 Å². The minimum Gasteiger partial charge on any atom is -0.475 e. The highest BCUT2D eigenvalue weighted by molar-refractivity contribution is 9.10. The van der Waals surface area contributed by atoms with Gasteiger partial charge in [0.05, 0.1) is 0 Å². The maximum atomic E-state index is 10.7. The van der Waals surface area contributed by atoms with Gasteiger partial charge in [0, 0.05) is 10.0 Å². The van der Waals surface area contributed by atoms with E-state index >= 15 is 0 Å². The second-order valence-electron chi connectivity index (χ2n) is 3.43. The van der Waals surface area contributed by atoms with Crippen LogP contribution in [0.2, 0.25) is 0 Å². The molecule has 2 rings (SSSR count). The zero-order valence-corrected chi connectivity index (χ0v) is 10.2. The monoisotopic (exact) mass is 296 g/mol. The van der Waals surface area contributed by atoms with E-state index in [1.807, 2.05) is 6.07 Å². The summed E-state index contributed by atoms with van der Waals surface area (Å²) >= 11 is 3.31. The van der Waals surface area contributed by atoms with Crippen LogP contribution in [0.1, 0.15) is 28.0 Å². The van der Waals surface area contributed by atoms with Gasteiger partial charge < -0.3 is 14.6 Å². The summed E-state index contributed by atoms with van der Waals surface area (Å²) < 4.78 is 5.78. The van der Waals surface area contributed by atoms with Crippen molar-refractivity contribution in [1.82, 2.24) is 0 Å². The minimum atomic E-state index is -1.16. The summed E-state index contributed by atoms with van der Waals surface area (Å²) in [6.45, 7) is 0. The minimum absolute atomic E-state index is 0.189. The molecule has 17 heavy (non-hydrogen) atoms. The van der Waals surface area contributed by atoms with Gasteiger partial charge in [-0.25, -0.2) is 4.79 Å². The molecule has 0 fully saturated rings. The molecule has 2 N–H and O–H groups in total. The lowest BCUT2D eigenvalue weighted by atomic mass is 10.1. The Morgan fingerprint density at radius 1 is 1.24 bits per heavy atom. The lowest BCUT2D eigenvalue weighted by molar-refractivity contribution is 0.0655. The Bertz CT molecular complexity index is 547. The smallest absolute Gasteiger partial charge is 0.371 e. The van der Waals surface area contributed by atoms with E-state index in [9.17, 15) is 9.90 Å². The Balaban J connectivity index is 2.34. The van der Waals surface area contributed by atoms with Crippen LogP contribution in [-0.2, 0) is 0 Å². The number of aliphatic hydroxyl groups is 1. The predicted molar refractivity (Wildman–Crippen MR) is 63.9 cm³/mol. The SMILES string of the molecule is O=C(O)c1ccc(C(O)c2ccccc2Br)o1. The summed E-state index contributed by atoms with van der Waals surface area (Å²) in [7, 11) is 0. The molecule has 1 aromatic heterocycles. The Labute approximate surface area is 106 Å². The van der Waals surface area contributed by atoms with Crippen LogP contribution in [0.3, 0.4) is 0 Å². The number of benzene rings is 1. The fourth-order valence-electron chi connectivity index (χ4n) is 1.46. The molecule has 1 heterocycles. The number of carboxylic acid groups (broad SMARTS) is 1. The van der Waals surface area contributed by atoms with Crippen molar-refractivity contribution in [2.24, 2.45) is 0 Å². The maximum absolute atomic E-state index is 10.7. The highest BCUT2D eigenvalue weighted by Crippen LogP contribution is 2.29. The van der Waals surface area contributed by atoms with E-state index in [-0.39, 0.29) is 11.5 Å². The van der Waals surface area contributed by atoms with Crippen molar-refractivity contribution in [3.63, 3.8) is 0 Å². The van der Waals surface area contributed by atoms with Gasteiger partial charge in [-0.05, 0) is 18.2 Å². The van der Waals surface area contributed by atoms with Gasteiger partial charge in [0.1, 0.15) is 11.9 Å². The topological polar surface area (TPSA) is 70.7 Å². The average Bonchev–Trinajstić information content (AvgIpc) is 2.78. The summed E-state index contributed by atoms with van der Waals surface area (Å²) in [5.41, 5.74) is 0.624. The molecule has 0 radical (unpaired) electrons. The van der Waals surface area contributed by atoms with Crippen molar-refractivity contribution in [2.45, 2.75) is 6.10 Å². The summed E-state index contributed by atoms with van der Waals surface area (Å²) in [5, 5.41) is 18.8. The molecular formula is C12H9BrO4. The first-order valence-electron chi connectivity index (χ1n) is 4.85. The molecule has 0 aliphatic carbocycles. The van der Waals surface area contributed by atoms with Crippen molar-refractivity contribution in [3.8, 4) is 0 Å². The second-order valence-corrected chi connectivity index (χ2v) is 4.29. The number of rotatable bonds is 3. The van der Waals surface area contributed by atoms with Crippen molar-refractivity contribution in [1.29, 1.82) is 0 Å². The van der Waals surface area contributed by atoms with Crippen molar-refractivity contribution >= 4 is 21.9 Å². The number of carboxylic acids is 1. The van der Waals surface area contributed by atoms with Crippen LogP contribution < -0.4 is 0 Å². The molecule has 5 heteroatoms. The quantitative estimate of drug-likeness (QED) is 0.914. The van der Waals surface area contributed by atoms with E-state index < -0.39 is 12.1 Å². The Morgan fingerprint density at radius 3 is 2.53 bits per heavy atom. The number of furan rings is 1. The molecule has 1 aromatic carbocycles. The number of halogens is 1. The van der Waals surface area contributed by atoms with Gasteiger partial charge in [0.2, 0.25) is 5.76 Å². The van der Waals surface area contributed by atoms with Gasteiger partial charge in [-0.2, -0.15) is 0 Å². The standard InChI is InChI=1S/C12H9BrO4/c13-8-4-2-1-3-7(8)11(14)9-5-6-10(17-9)12(15)16/h1-6,11,14H,(H,15,16). The normalized spacial score (nSPS) is 12.4.